The molecule has 0 heterocycles. The van der Waals surface area contributed by atoms with Crippen molar-refractivity contribution in [1.82, 2.24) is 0 Å². The molecule has 2 rings (SSSR count). The first-order valence-corrected chi connectivity index (χ1v) is 8.87. The van der Waals surface area contributed by atoms with Crippen molar-refractivity contribution >= 4 is 23.2 Å². The quantitative estimate of drug-likeness (QED) is 0.645. The van der Waals surface area contributed by atoms with Gasteiger partial charge in [-0.05, 0) is 42.7 Å². The lowest BCUT2D eigenvalue weighted by Gasteiger charge is -2.14. The lowest BCUT2D eigenvalue weighted by Crippen LogP contribution is -2.12. The zero-order valence-corrected chi connectivity index (χ0v) is 15.7. The van der Waals surface area contributed by atoms with Gasteiger partial charge in [0.25, 0.3) is 5.91 Å². The smallest absolute Gasteiger partial charge is 0.255 e. The fourth-order valence-corrected chi connectivity index (χ4v) is 2.65. The summed E-state index contributed by atoms with van der Waals surface area (Å²) in [6.45, 7) is 4.72. The van der Waals surface area contributed by atoms with Crippen molar-refractivity contribution in [2.75, 3.05) is 19.0 Å². The Bertz CT molecular complexity index is 731. The fraction of sp³-hybridized carbons (Fsp3) is 0.350. The van der Waals surface area contributed by atoms with Crippen LogP contribution in [0.2, 0.25) is 5.02 Å². The minimum Gasteiger partial charge on any atom is -0.493 e. The third-order valence-corrected chi connectivity index (χ3v) is 4.11. The number of rotatable bonds is 8. The molecule has 0 aliphatic carbocycles. The molecule has 0 spiro atoms. The van der Waals surface area contributed by atoms with Crippen LogP contribution in [0.3, 0.4) is 0 Å². The van der Waals surface area contributed by atoms with Gasteiger partial charge in [-0.2, -0.15) is 0 Å². The highest BCUT2D eigenvalue weighted by atomic mass is 35.5. The van der Waals surface area contributed by atoms with Crippen LogP contribution in [0.1, 0.15) is 42.6 Å². The fourth-order valence-electron chi connectivity index (χ4n) is 2.38. The maximum absolute atomic E-state index is 12.5. The Morgan fingerprint density at radius 1 is 1.20 bits per heavy atom. The summed E-state index contributed by atoms with van der Waals surface area (Å²) < 4.78 is 11.0. The Morgan fingerprint density at radius 3 is 2.68 bits per heavy atom. The van der Waals surface area contributed by atoms with Crippen LogP contribution in [-0.4, -0.2) is 19.6 Å². The molecule has 25 heavy (non-hydrogen) atoms. The molecule has 2 aromatic rings. The summed E-state index contributed by atoms with van der Waals surface area (Å²) in [7, 11) is 1.53. The number of amides is 1. The number of unbranched alkanes of at least 4 members (excludes halogenated alkanes) is 1. The van der Waals surface area contributed by atoms with Crippen LogP contribution in [0.15, 0.2) is 36.4 Å². The van der Waals surface area contributed by atoms with Gasteiger partial charge in [0, 0.05) is 11.3 Å². The van der Waals surface area contributed by atoms with Gasteiger partial charge < -0.3 is 14.8 Å². The number of carbonyl (C=O) groups is 1. The van der Waals surface area contributed by atoms with E-state index in [2.05, 4.69) is 19.2 Å². The molecular formula is C20H24ClNO3. The predicted octanol–water partition coefficient (Wildman–Crippen LogP) is 5.34. The molecule has 1 amide bonds. The lowest BCUT2D eigenvalue weighted by molar-refractivity contribution is 0.102. The van der Waals surface area contributed by atoms with Crippen molar-refractivity contribution in [3.8, 4) is 11.5 Å². The third kappa shape index (κ3) is 5.13. The van der Waals surface area contributed by atoms with E-state index in [0.29, 0.717) is 28.7 Å². The molecular weight excluding hydrogens is 338 g/mol. The standard InChI is InChI=1S/C20H24ClNO3/c1-4-6-10-25-19-17(21)12-15(13-18(19)24-3)20(23)22-16-9-7-8-14(5-2)11-16/h7-9,11-13H,4-6,10H2,1-3H3,(H,22,23). The largest absolute Gasteiger partial charge is 0.493 e. The number of carbonyl (C=O) groups excluding carboxylic acids is 1. The third-order valence-electron chi connectivity index (χ3n) is 3.83. The Balaban J connectivity index is 2.20. The van der Waals surface area contributed by atoms with Gasteiger partial charge in [0.05, 0.1) is 18.7 Å². The first-order valence-electron chi connectivity index (χ1n) is 8.49. The number of aryl methyl sites for hydroxylation is 1. The monoisotopic (exact) mass is 361 g/mol. The first kappa shape index (κ1) is 19.1. The molecule has 0 saturated carbocycles. The van der Waals surface area contributed by atoms with Crippen molar-refractivity contribution < 1.29 is 14.3 Å². The summed E-state index contributed by atoms with van der Waals surface area (Å²) >= 11 is 6.30. The van der Waals surface area contributed by atoms with Gasteiger partial charge >= 0.3 is 0 Å². The summed E-state index contributed by atoms with van der Waals surface area (Å²) in [5.41, 5.74) is 2.34. The molecule has 1 N–H and O–H groups in total. The van der Waals surface area contributed by atoms with Crippen LogP contribution in [0.4, 0.5) is 5.69 Å². The highest BCUT2D eigenvalue weighted by Gasteiger charge is 2.16. The second-order valence-corrected chi connectivity index (χ2v) is 6.11. The van der Waals surface area contributed by atoms with Gasteiger partial charge in [0.15, 0.2) is 11.5 Å². The van der Waals surface area contributed by atoms with Crippen LogP contribution in [0.5, 0.6) is 11.5 Å². The summed E-state index contributed by atoms with van der Waals surface area (Å²) in [5, 5.41) is 3.25. The Morgan fingerprint density at radius 2 is 2.00 bits per heavy atom. The second-order valence-electron chi connectivity index (χ2n) is 5.70. The van der Waals surface area contributed by atoms with Crippen molar-refractivity contribution in [2.24, 2.45) is 0 Å². The average molecular weight is 362 g/mol. The number of hydrogen-bond donors (Lipinski definition) is 1. The van der Waals surface area contributed by atoms with Crippen LogP contribution in [0, 0.1) is 0 Å². The summed E-state index contributed by atoms with van der Waals surface area (Å²) in [4.78, 5) is 12.5. The minimum atomic E-state index is -0.242. The van der Waals surface area contributed by atoms with Crippen molar-refractivity contribution in [3.63, 3.8) is 0 Å². The highest BCUT2D eigenvalue weighted by Crippen LogP contribution is 2.36. The van der Waals surface area contributed by atoms with Crippen molar-refractivity contribution in [1.29, 1.82) is 0 Å². The summed E-state index contributed by atoms with van der Waals surface area (Å²) in [6, 6.07) is 11.0. The van der Waals surface area contributed by atoms with E-state index in [0.717, 1.165) is 30.5 Å². The minimum absolute atomic E-state index is 0.242. The molecule has 0 aliphatic heterocycles. The van der Waals surface area contributed by atoms with Gasteiger partial charge in [-0.1, -0.05) is 44.0 Å². The van der Waals surface area contributed by atoms with E-state index in [4.69, 9.17) is 21.1 Å². The number of ether oxygens (including phenoxy) is 2. The van der Waals surface area contributed by atoms with Crippen molar-refractivity contribution in [3.05, 3.63) is 52.5 Å². The summed E-state index contributed by atoms with van der Waals surface area (Å²) in [5.74, 6) is 0.687. The van der Waals surface area contributed by atoms with Crippen LogP contribution in [-0.2, 0) is 6.42 Å². The SMILES string of the molecule is CCCCOc1c(Cl)cc(C(=O)Nc2cccc(CC)c2)cc1OC. The normalized spacial score (nSPS) is 10.4. The molecule has 2 aromatic carbocycles. The number of anilines is 1. The molecule has 5 heteroatoms. The van der Waals surface area contributed by atoms with E-state index in [-0.39, 0.29) is 5.91 Å². The summed E-state index contributed by atoms with van der Waals surface area (Å²) in [6.07, 6.45) is 2.86. The van der Waals surface area contributed by atoms with Gasteiger partial charge in [-0.3, -0.25) is 4.79 Å². The van der Waals surface area contributed by atoms with Gasteiger partial charge in [0.1, 0.15) is 0 Å². The topological polar surface area (TPSA) is 47.6 Å². The van der Waals surface area contributed by atoms with Crippen LogP contribution < -0.4 is 14.8 Å². The molecule has 0 bridgehead atoms. The molecule has 4 nitrogen and oxygen atoms in total. The number of nitrogens with one attached hydrogen (secondary N) is 1. The molecule has 0 radical (unpaired) electrons. The molecule has 0 saturated heterocycles. The molecule has 0 unspecified atom stereocenters. The molecule has 0 aromatic heterocycles. The maximum Gasteiger partial charge on any atom is 0.255 e. The maximum atomic E-state index is 12.5. The van der Waals surface area contributed by atoms with E-state index in [1.165, 1.54) is 7.11 Å². The first-order chi connectivity index (χ1) is 12.1. The molecule has 0 atom stereocenters. The Hall–Kier alpha value is -2.20. The lowest BCUT2D eigenvalue weighted by atomic mass is 10.1. The zero-order chi connectivity index (χ0) is 18.2. The van der Waals surface area contributed by atoms with E-state index in [1.54, 1.807) is 12.1 Å². The van der Waals surface area contributed by atoms with Gasteiger partial charge in [0.2, 0.25) is 0 Å². The number of hydrogen-bond acceptors (Lipinski definition) is 3. The average Bonchev–Trinajstić information content (AvgIpc) is 2.62. The number of halogens is 1. The number of methoxy groups -OCH3 is 1. The Labute approximate surface area is 154 Å². The molecule has 0 aliphatic rings. The van der Waals surface area contributed by atoms with Crippen LogP contribution in [0.25, 0.3) is 0 Å². The highest BCUT2D eigenvalue weighted by molar-refractivity contribution is 6.32. The van der Waals surface area contributed by atoms with Gasteiger partial charge in [-0.15, -0.1) is 0 Å². The van der Waals surface area contributed by atoms with Crippen LogP contribution >= 0.6 is 11.6 Å². The second kappa shape index (κ2) is 9.33. The molecule has 0 fully saturated rings. The zero-order valence-electron chi connectivity index (χ0n) is 14.9. The van der Waals surface area contributed by atoms with Gasteiger partial charge in [-0.25, -0.2) is 0 Å². The predicted molar refractivity (Wildman–Crippen MR) is 102 cm³/mol. The van der Waals surface area contributed by atoms with Crippen molar-refractivity contribution in [2.45, 2.75) is 33.1 Å². The van der Waals surface area contributed by atoms with E-state index in [1.807, 2.05) is 24.3 Å². The Kier molecular flexibility index (Phi) is 7.14. The van der Waals surface area contributed by atoms with E-state index >= 15 is 0 Å². The van der Waals surface area contributed by atoms with E-state index < -0.39 is 0 Å². The number of benzene rings is 2. The molecule has 134 valence electrons. The van der Waals surface area contributed by atoms with E-state index in [9.17, 15) is 4.79 Å².